The molecule has 2 aliphatic heterocycles. The first-order valence-electron chi connectivity index (χ1n) is 16.9. The summed E-state index contributed by atoms with van der Waals surface area (Å²) in [6, 6.07) is 14.3. The molecule has 1 aliphatic carbocycles. The second-order valence-electron chi connectivity index (χ2n) is 13.5. The summed E-state index contributed by atoms with van der Waals surface area (Å²) in [4.78, 5) is 17.7. The minimum absolute atomic E-state index is 0.0274. The van der Waals surface area contributed by atoms with Crippen molar-refractivity contribution in [1.82, 2.24) is 14.1 Å². The zero-order valence-corrected chi connectivity index (χ0v) is 28.6. The lowest BCUT2D eigenvalue weighted by Crippen LogP contribution is -2.54. The standard InChI is InChI=1S/C36H53N3O5S/c1-28-24-33(43-4)25-29(2)35(28)45(41,42)39-23-9-8-15-32(39)26-44-27-34(40)37(3)20-10-12-30-16-18-36(19-17-30,38-21-11-22-38)31-13-6-5-7-14-31/h5-7,13-14,24-25,30,32H,8-12,15-23,26-27H2,1-4H3. The van der Waals surface area contributed by atoms with Crippen LogP contribution in [-0.2, 0) is 25.1 Å². The topological polar surface area (TPSA) is 79.4 Å². The van der Waals surface area contributed by atoms with Crippen LogP contribution in [0.3, 0.4) is 0 Å². The molecule has 0 spiro atoms. The lowest BCUT2D eigenvalue weighted by molar-refractivity contribution is -0.135. The molecule has 2 aromatic rings. The highest BCUT2D eigenvalue weighted by atomic mass is 32.2. The molecule has 3 fully saturated rings. The zero-order chi connectivity index (χ0) is 32.0. The smallest absolute Gasteiger partial charge is 0.248 e. The largest absolute Gasteiger partial charge is 0.497 e. The van der Waals surface area contributed by atoms with E-state index >= 15 is 0 Å². The fourth-order valence-electron chi connectivity index (χ4n) is 7.87. The van der Waals surface area contributed by atoms with Crippen LogP contribution < -0.4 is 4.74 Å². The Morgan fingerprint density at radius 3 is 2.29 bits per heavy atom. The summed E-state index contributed by atoms with van der Waals surface area (Å²) in [5.41, 5.74) is 3.04. The average Bonchev–Trinajstić information content (AvgIpc) is 3.01. The van der Waals surface area contributed by atoms with Gasteiger partial charge >= 0.3 is 0 Å². The molecular weight excluding hydrogens is 586 g/mol. The van der Waals surface area contributed by atoms with E-state index in [9.17, 15) is 13.2 Å². The molecule has 9 heteroatoms. The van der Waals surface area contributed by atoms with E-state index in [0.29, 0.717) is 40.8 Å². The monoisotopic (exact) mass is 639 g/mol. The van der Waals surface area contributed by atoms with Gasteiger partial charge in [-0.05, 0) is 106 Å². The Bertz CT molecular complexity index is 1360. The van der Waals surface area contributed by atoms with Gasteiger partial charge in [-0.2, -0.15) is 4.31 Å². The van der Waals surface area contributed by atoms with Crippen molar-refractivity contribution in [2.24, 2.45) is 5.92 Å². The van der Waals surface area contributed by atoms with E-state index in [0.717, 1.165) is 32.1 Å². The summed E-state index contributed by atoms with van der Waals surface area (Å²) in [6.45, 7) is 7.42. The quantitative estimate of drug-likeness (QED) is 0.272. The fourth-order valence-corrected chi connectivity index (χ4v) is 9.96. The van der Waals surface area contributed by atoms with Crippen molar-refractivity contribution in [2.75, 3.05) is 53.6 Å². The molecule has 0 N–H and O–H groups in total. The minimum Gasteiger partial charge on any atom is -0.497 e. The van der Waals surface area contributed by atoms with Crippen LogP contribution in [0.25, 0.3) is 0 Å². The lowest BCUT2D eigenvalue weighted by atomic mass is 9.69. The Kier molecular flexibility index (Phi) is 11.3. The predicted molar refractivity (Wildman–Crippen MR) is 178 cm³/mol. The Morgan fingerprint density at radius 2 is 1.67 bits per heavy atom. The highest BCUT2D eigenvalue weighted by Crippen LogP contribution is 2.47. The maximum Gasteiger partial charge on any atom is 0.248 e. The van der Waals surface area contributed by atoms with Crippen molar-refractivity contribution in [3.63, 3.8) is 0 Å². The molecule has 0 aromatic heterocycles. The maximum absolute atomic E-state index is 13.8. The second kappa shape index (κ2) is 15.0. The predicted octanol–water partition coefficient (Wildman–Crippen LogP) is 5.90. The molecule has 1 saturated carbocycles. The molecule has 0 radical (unpaired) electrons. The summed E-state index contributed by atoms with van der Waals surface area (Å²) in [7, 11) is -0.280. The Balaban J connectivity index is 1.07. The van der Waals surface area contributed by atoms with Crippen molar-refractivity contribution in [1.29, 1.82) is 0 Å². The Labute approximate surface area is 271 Å². The highest BCUT2D eigenvalue weighted by Gasteiger charge is 2.43. The molecule has 1 unspecified atom stereocenters. The third-order valence-electron chi connectivity index (χ3n) is 10.6. The molecule has 1 atom stereocenters. The first-order chi connectivity index (χ1) is 21.7. The van der Waals surface area contributed by atoms with Crippen molar-refractivity contribution in [3.05, 3.63) is 59.2 Å². The number of carbonyl (C=O) groups excluding carboxylic acids is 1. The van der Waals surface area contributed by atoms with E-state index < -0.39 is 10.0 Å². The molecule has 45 heavy (non-hydrogen) atoms. The number of methoxy groups -OCH3 is 1. The summed E-state index contributed by atoms with van der Waals surface area (Å²) < 4.78 is 40.4. The first-order valence-corrected chi connectivity index (χ1v) is 18.4. The van der Waals surface area contributed by atoms with E-state index in [1.165, 1.54) is 50.8 Å². The van der Waals surface area contributed by atoms with Crippen molar-refractivity contribution in [2.45, 2.75) is 94.5 Å². The van der Waals surface area contributed by atoms with Crippen LogP contribution in [0.5, 0.6) is 5.75 Å². The van der Waals surface area contributed by atoms with Crippen LogP contribution in [0.2, 0.25) is 0 Å². The van der Waals surface area contributed by atoms with Crippen LogP contribution >= 0.6 is 0 Å². The fraction of sp³-hybridized carbons (Fsp3) is 0.639. The van der Waals surface area contributed by atoms with Gasteiger partial charge in [0.15, 0.2) is 0 Å². The third kappa shape index (κ3) is 7.58. The molecule has 2 saturated heterocycles. The van der Waals surface area contributed by atoms with Gasteiger partial charge in [0, 0.05) is 44.8 Å². The molecule has 248 valence electrons. The van der Waals surface area contributed by atoms with Crippen LogP contribution in [-0.4, -0.2) is 88.0 Å². The zero-order valence-electron chi connectivity index (χ0n) is 27.8. The molecule has 2 aromatic carbocycles. The van der Waals surface area contributed by atoms with Gasteiger partial charge in [-0.3, -0.25) is 9.69 Å². The highest BCUT2D eigenvalue weighted by molar-refractivity contribution is 7.89. The number of hydrogen-bond acceptors (Lipinski definition) is 6. The number of ether oxygens (including phenoxy) is 2. The van der Waals surface area contributed by atoms with E-state index in [2.05, 4.69) is 35.2 Å². The van der Waals surface area contributed by atoms with Crippen LogP contribution in [0.1, 0.15) is 80.9 Å². The number of rotatable bonds is 13. The SMILES string of the molecule is COc1cc(C)c(S(=O)(=O)N2CCCCC2COCC(=O)N(C)CCCC2CCC(c3ccccc3)(N3CCC3)CC2)c(C)c1. The Morgan fingerprint density at radius 1 is 0.978 bits per heavy atom. The summed E-state index contributed by atoms with van der Waals surface area (Å²) in [5, 5.41) is 0. The van der Waals surface area contributed by atoms with E-state index in [4.69, 9.17) is 9.47 Å². The minimum atomic E-state index is -3.71. The first kappa shape index (κ1) is 33.9. The van der Waals surface area contributed by atoms with Crippen LogP contribution in [0, 0.1) is 19.8 Å². The number of piperidine rings is 1. The van der Waals surface area contributed by atoms with Gasteiger partial charge in [0.25, 0.3) is 0 Å². The number of benzene rings is 2. The van der Waals surface area contributed by atoms with Crippen LogP contribution in [0.15, 0.2) is 47.4 Å². The van der Waals surface area contributed by atoms with Gasteiger partial charge in [0.05, 0.1) is 18.6 Å². The summed E-state index contributed by atoms with van der Waals surface area (Å²) in [6.07, 6.45) is 10.8. The third-order valence-corrected chi connectivity index (χ3v) is 12.8. The van der Waals surface area contributed by atoms with Crippen molar-refractivity contribution in [3.8, 4) is 5.75 Å². The molecular formula is C36H53N3O5S. The number of sulfonamides is 1. The van der Waals surface area contributed by atoms with Gasteiger partial charge in [-0.25, -0.2) is 8.42 Å². The molecule has 5 rings (SSSR count). The van der Waals surface area contributed by atoms with E-state index in [1.807, 2.05) is 20.9 Å². The molecule has 1 amide bonds. The van der Waals surface area contributed by atoms with Crippen molar-refractivity contribution >= 4 is 15.9 Å². The number of hydrogen-bond donors (Lipinski definition) is 0. The number of nitrogens with zero attached hydrogens (tertiary/aromatic N) is 3. The second-order valence-corrected chi connectivity index (χ2v) is 15.3. The molecule has 8 nitrogen and oxygen atoms in total. The number of amides is 1. The van der Waals surface area contributed by atoms with E-state index in [1.54, 1.807) is 28.4 Å². The summed E-state index contributed by atoms with van der Waals surface area (Å²) >= 11 is 0. The normalized spacial score (nSPS) is 24.6. The average molecular weight is 640 g/mol. The van der Waals surface area contributed by atoms with Gasteiger partial charge in [0.1, 0.15) is 12.4 Å². The molecule has 0 bridgehead atoms. The van der Waals surface area contributed by atoms with Gasteiger partial charge in [0.2, 0.25) is 15.9 Å². The maximum atomic E-state index is 13.8. The number of aryl methyl sites for hydroxylation is 2. The van der Waals surface area contributed by atoms with Gasteiger partial charge in [-0.1, -0.05) is 36.8 Å². The van der Waals surface area contributed by atoms with Gasteiger partial charge in [-0.15, -0.1) is 0 Å². The number of carbonyl (C=O) groups is 1. The summed E-state index contributed by atoms with van der Waals surface area (Å²) in [5.74, 6) is 1.31. The number of likely N-dealkylation sites (N-methyl/N-ethyl adjacent to an activating group) is 1. The van der Waals surface area contributed by atoms with Crippen LogP contribution in [0.4, 0.5) is 0 Å². The number of likely N-dealkylation sites (tertiary alicyclic amines) is 1. The Hall–Kier alpha value is -2.46. The molecule has 2 heterocycles. The van der Waals surface area contributed by atoms with Gasteiger partial charge < -0.3 is 14.4 Å². The van der Waals surface area contributed by atoms with E-state index in [-0.39, 0.29) is 30.7 Å². The lowest BCUT2D eigenvalue weighted by Gasteiger charge is -2.52. The van der Waals surface area contributed by atoms with Crippen molar-refractivity contribution < 1.29 is 22.7 Å². The molecule has 3 aliphatic rings.